The van der Waals surface area contributed by atoms with E-state index < -0.39 is 0 Å². The van der Waals surface area contributed by atoms with Crippen LogP contribution in [0.15, 0.2) is 41.0 Å². The first-order chi connectivity index (χ1) is 10.1. The number of aryl methyl sites for hydroxylation is 2. The largest absolute Gasteiger partial charge is 0.469 e. The zero-order valence-electron chi connectivity index (χ0n) is 12.8. The number of nitrogens with one attached hydrogen (secondary N) is 1. The molecule has 1 aromatic heterocycles. The minimum atomic E-state index is -0.0814. The van der Waals surface area contributed by atoms with Crippen LogP contribution in [0.3, 0.4) is 0 Å². The van der Waals surface area contributed by atoms with E-state index in [9.17, 15) is 4.79 Å². The van der Waals surface area contributed by atoms with Crippen LogP contribution < -0.4 is 10.2 Å². The molecule has 2 aromatic rings. The first kappa shape index (κ1) is 15.2. The SMILES string of the molecule is CCN(CCNC(=O)c1ccoc1C)c1ccccc1C. The second kappa shape index (κ2) is 6.97. The first-order valence-corrected chi connectivity index (χ1v) is 7.26. The molecule has 0 unspecified atom stereocenters. The number of furan rings is 1. The molecule has 4 nitrogen and oxygen atoms in total. The Balaban J connectivity index is 1.91. The molecule has 1 N–H and O–H groups in total. The Morgan fingerprint density at radius 3 is 2.62 bits per heavy atom. The monoisotopic (exact) mass is 286 g/mol. The van der Waals surface area contributed by atoms with Gasteiger partial charge in [0.15, 0.2) is 0 Å². The van der Waals surface area contributed by atoms with E-state index in [1.165, 1.54) is 17.5 Å². The lowest BCUT2D eigenvalue weighted by Gasteiger charge is -2.25. The molecule has 1 amide bonds. The number of hydrogen-bond acceptors (Lipinski definition) is 3. The maximum atomic E-state index is 12.0. The Labute approximate surface area is 125 Å². The van der Waals surface area contributed by atoms with Crippen LogP contribution in [0.5, 0.6) is 0 Å². The van der Waals surface area contributed by atoms with Crippen LogP contribution >= 0.6 is 0 Å². The Hall–Kier alpha value is -2.23. The van der Waals surface area contributed by atoms with Crippen molar-refractivity contribution in [3.8, 4) is 0 Å². The summed E-state index contributed by atoms with van der Waals surface area (Å²) in [7, 11) is 0. The molecule has 0 saturated carbocycles. The van der Waals surface area contributed by atoms with E-state index in [4.69, 9.17) is 4.42 Å². The number of carbonyl (C=O) groups is 1. The highest BCUT2D eigenvalue weighted by Crippen LogP contribution is 2.18. The summed E-state index contributed by atoms with van der Waals surface area (Å²) in [6.07, 6.45) is 1.54. The molecule has 2 rings (SSSR count). The van der Waals surface area contributed by atoms with E-state index in [0.717, 1.165) is 13.1 Å². The Bertz CT molecular complexity index is 604. The lowest BCUT2D eigenvalue weighted by atomic mass is 10.2. The molecule has 0 aliphatic carbocycles. The van der Waals surface area contributed by atoms with E-state index in [2.05, 4.69) is 36.2 Å². The van der Waals surface area contributed by atoms with Gasteiger partial charge in [0.1, 0.15) is 5.76 Å². The Kier molecular flexibility index (Phi) is 5.04. The number of rotatable bonds is 6. The molecule has 1 heterocycles. The summed E-state index contributed by atoms with van der Waals surface area (Å²) in [6, 6.07) is 9.99. The maximum Gasteiger partial charge on any atom is 0.254 e. The van der Waals surface area contributed by atoms with Crippen molar-refractivity contribution in [2.24, 2.45) is 0 Å². The second-order valence-corrected chi connectivity index (χ2v) is 5.01. The zero-order chi connectivity index (χ0) is 15.2. The van der Waals surface area contributed by atoms with Crippen LogP contribution in [0, 0.1) is 13.8 Å². The molecule has 1 aromatic carbocycles. The molecule has 21 heavy (non-hydrogen) atoms. The highest BCUT2D eigenvalue weighted by atomic mass is 16.3. The normalized spacial score (nSPS) is 10.4. The molecular weight excluding hydrogens is 264 g/mol. The fourth-order valence-electron chi connectivity index (χ4n) is 2.39. The minimum absolute atomic E-state index is 0.0814. The topological polar surface area (TPSA) is 45.5 Å². The van der Waals surface area contributed by atoms with Gasteiger partial charge < -0.3 is 14.6 Å². The van der Waals surface area contributed by atoms with Gasteiger partial charge in [-0.2, -0.15) is 0 Å². The molecule has 0 atom stereocenters. The minimum Gasteiger partial charge on any atom is -0.469 e. The molecule has 0 spiro atoms. The summed E-state index contributed by atoms with van der Waals surface area (Å²) < 4.78 is 5.15. The van der Waals surface area contributed by atoms with Crippen molar-refractivity contribution in [3.63, 3.8) is 0 Å². The third-order valence-corrected chi connectivity index (χ3v) is 3.61. The number of carbonyl (C=O) groups excluding carboxylic acids is 1. The fraction of sp³-hybridized carbons (Fsp3) is 0.353. The number of amides is 1. The van der Waals surface area contributed by atoms with Crippen molar-refractivity contribution in [3.05, 3.63) is 53.5 Å². The van der Waals surface area contributed by atoms with E-state index in [0.29, 0.717) is 17.9 Å². The van der Waals surface area contributed by atoms with Gasteiger partial charge in [-0.05, 0) is 38.5 Å². The van der Waals surface area contributed by atoms with Crippen LogP contribution in [0.4, 0.5) is 5.69 Å². The number of benzene rings is 1. The number of para-hydroxylation sites is 1. The maximum absolute atomic E-state index is 12.0. The predicted octanol–water partition coefficient (Wildman–Crippen LogP) is 3.15. The Morgan fingerprint density at radius 2 is 2.00 bits per heavy atom. The van der Waals surface area contributed by atoms with Crippen molar-refractivity contribution in [2.75, 3.05) is 24.5 Å². The summed E-state index contributed by atoms with van der Waals surface area (Å²) >= 11 is 0. The standard InChI is InChI=1S/C17H22N2O2/c1-4-19(16-8-6-5-7-13(16)2)11-10-18-17(20)15-9-12-21-14(15)3/h5-9,12H,4,10-11H2,1-3H3,(H,18,20). The highest BCUT2D eigenvalue weighted by molar-refractivity contribution is 5.95. The average molecular weight is 286 g/mol. The summed E-state index contributed by atoms with van der Waals surface area (Å²) in [5.74, 6) is 0.570. The number of likely N-dealkylation sites (N-methyl/N-ethyl adjacent to an activating group) is 1. The molecule has 0 saturated heterocycles. The quantitative estimate of drug-likeness (QED) is 0.887. The average Bonchev–Trinajstić information content (AvgIpc) is 2.91. The van der Waals surface area contributed by atoms with Crippen LogP contribution in [0.2, 0.25) is 0 Å². The van der Waals surface area contributed by atoms with Crippen molar-refractivity contribution in [2.45, 2.75) is 20.8 Å². The van der Waals surface area contributed by atoms with E-state index in [1.807, 2.05) is 12.1 Å². The van der Waals surface area contributed by atoms with Crippen LogP contribution in [-0.4, -0.2) is 25.5 Å². The molecule has 0 aliphatic rings. The van der Waals surface area contributed by atoms with Crippen molar-refractivity contribution < 1.29 is 9.21 Å². The lowest BCUT2D eigenvalue weighted by Crippen LogP contribution is -2.35. The lowest BCUT2D eigenvalue weighted by molar-refractivity contribution is 0.0953. The summed E-state index contributed by atoms with van der Waals surface area (Å²) in [4.78, 5) is 14.3. The van der Waals surface area contributed by atoms with Crippen molar-refractivity contribution in [1.29, 1.82) is 0 Å². The molecule has 0 aliphatic heterocycles. The van der Waals surface area contributed by atoms with E-state index in [-0.39, 0.29) is 5.91 Å². The van der Waals surface area contributed by atoms with Gasteiger partial charge >= 0.3 is 0 Å². The van der Waals surface area contributed by atoms with Crippen molar-refractivity contribution >= 4 is 11.6 Å². The highest BCUT2D eigenvalue weighted by Gasteiger charge is 2.12. The smallest absolute Gasteiger partial charge is 0.254 e. The number of hydrogen-bond donors (Lipinski definition) is 1. The summed E-state index contributed by atoms with van der Waals surface area (Å²) in [5, 5.41) is 2.94. The molecule has 0 radical (unpaired) electrons. The van der Waals surface area contributed by atoms with Gasteiger partial charge in [-0.25, -0.2) is 0 Å². The van der Waals surface area contributed by atoms with E-state index >= 15 is 0 Å². The van der Waals surface area contributed by atoms with Crippen LogP contribution in [-0.2, 0) is 0 Å². The zero-order valence-corrected chi connectivity index (χ0v) is 12.8. The van der Waals surface area contributed by atoms with Crippen molar-refractivity contribution in [1.82, 2.24) is 5.32 Å². The van der Waals surface area contributed by atoms with Gasteiger partial charge in [0.05, 0.1) is 11.8 Å². The van der Waals surface area contributed by atoms with Crippen LogP contribution in [0.1, 0.15) is 28.6 Å². The molecule has 0 fully saturated rings. The third kappa shape index (κ3) is 3.66. The van der Waals surface area contributed by atoms with E-state index in [1.54, 1.807) is 13.0 Å². The van der Waals surface area contributed by atoms with Gasteiger partial charge in [0, 0.05) is 25.3 Å². The molecule has 112 valence electrons. The number of anilines is 1. The fourth-order valence-corrected chi connectivity index (χ4v) is 2.39. The Morgan fingerprint density at radius 1 is 1.24 bits per heavy atom. The molecule has 0 bridgehead atoms. The predicted molar refractivity (Wildman–Crippen MR) is 84.8 cm³/mol. The van der Waals surface area contributed by atoms with Crippen LogP contribution in [0.25, 0.3) is 0 Å². The second-order valence-electron chi connectivity index (χ2n) is 5.01. The van der Waals surface area contributed by atoms with Gasteiger partial charge in [-0.1, -0.05) is 18.2 Å². The van der Waals surface area contributed by atoms with Gasteiger partial charge in [0.25, 0.3) is 5.91 Å². The summed E-state index contributed by atoms with van der Waals surface area (Å²) in [6.45, 7) is 8.31. The summed E-state index contributed by atoms with van der Waals surface area (Å²) in [5.41, 5.74) is 3.07. The molecule has 4 heteroatoms. The molecular formula is C17H22N2O2. The van der Waals surface area contributed by atoms with Gasteiger partial charge in [0.2, 0.25) is 0 Å². The van der Waals surface area contributed by atoms with Gasteiger partial charge in [-0.15, -0.1) is 0 Å². The third-order valence-electron chi connectivity index (χ3n) is 3.61. The number of nitrogens with zero attached hydrogens (tertiary/aromatic N) is 1. The first-order valence-electron chi connectivity index (χ1n) is 7.26. The van der Waals surface area contributed by atoms with Gasteiger partial charge in [-0.3, -0.25) is 4.79 Å².